The van der Waals surface area contributed by atoms with Crippen LogP contribution in [0.25, 0.3) is 0 Å². The maximum Gasteiger partial charge on any atom is 0.303 e. The fourth-order valence-corrected chi connectivity index (χ4v) is 8.00. The summed E-state index contributed by atoms with van der Waals surface area (Å²) in [5.41, 5.74) is 4.68. The molecule has 0 aliphatic carbocycles. The van der Waals surface area contributed by atoms with Crippen LogP contribution < -0.4 is 0 Å². The highest BCUT2D eigenvalue weighted by atomic mass is 16.8. The highest BCUT2D eigenvalue weighted by Gasteiger charge is 2.56. The van der Waals surface area contributed by atoms with Gasteiger partial charge in [0.05, 0.1) is 39.6 Å². The summed E-state index contributed by atoms with van der Waals surface area (Å²) in [4.78, 5) is 12.9. The number of hydrogen-bond acceptors (Lipinski definition) is 12. The van der Waals surface area contributed by atoms with E-state index in [1.54, 1.807) is 0 Å². The zero-order chi connectivity index (χ0) is 42.5. The summed E-state index contributed by atoms with van der Waals surface area (Å²) >= 11 is 0. The van der Waals surface area contributed by atoms with Crippen LogP contribution in [0.15, 0.2) is 152 Å². The third-order valence-electron chi connectivity index (χ3n) is 11.0. The third-order valence-corrected chi connectivity index (χ3v) is 11.0. The summed E-state index contributed by atoms with van der Waals surface area (Å²) in [6.45, 7) is 2.69. The minimum Gasteiger partial charge on any atom is -0.457 e. The third kappa shape index (κ3) is 11.4. The molecule has 3 fully saturated rings. The van der Waals surface area contributed by atoms with Crippen LogP contribution in [0.4, 0.5) is 0 Å². The zero-order valence-electron chi connectivity index (χ0n) is 34.9. The average molecular weight is 847 g/mol. The van der Waals surface area contributed by atoms with Crippen LogP contribution in [0.2, 0.25) is 0 Å². The van der Waals surface area contributed by atoms with Gasteiger partial charge in [0.2, 0.25) is 0 Å². The molecule has 5 aromatic carbocycles. The van der Waals surface area contributed by atoms with Gasteiger partial charge < -0.3 is 52.1 Å². The van der Waals surface area contributed by atoms with Crippen molar-refractivity contribution in [1.29, 1.82) is 0 Å². The predicted molar refractivity (Wildman–Crippen MR) is 226 cm³/mol. The predicted octanol–water partition coefficient (Wildman–Crippen LogP) is 7.49. The number of rotatable bonds is 18. The van der Waals surface area contributed by atoms with Gasteiger partial charge in [-0.2, -0.15) is 0 Å². The monoisotopic (exact) mass is 846 g/mol. The number of esters is 1. The van der Waals surface area contributed by atoms with E-state index in [9.17, 15) is 4.79 Å². The van der Waals surface area contributed by atoms with E-state index in [0.717, 1.165) is 27.8 Å². The maximum atomic E-state index is 12.9. The molecule has 3 saturated heterocycles. The molecule has 3 aliphatic rings. The Bertz CT molecular complexity index is 2060. The van der Waals surface area contributed by atoms with Crippen molar-refractivity contribution < 1.29 is 56.9 Å². The first-order chi connectivity index (χ1) is 30.5. The summed E-state index contributed by atoms with van der Waals surface area (Å²) in [6, 6.07) is 49.2. The van der Waals surface area contributed by atoms with Gasteiger partial charge in [-0.1, -0.05) is 152 Å². The molecule has 0 bridgehead atoms. The highest BCUT2D eigenvalue weighted by Crippen LogP contribution is 2.39. The second-order valence-electron chi connectivity index (χ2n) is 15.5. The SMILES string of the molecule is CO[C@H]1O[C@@H]2COC(c3ccccc3)O[C@H]2[C@H](OC(C)=O)[C@H]1O[C@H]1O[C@H](COCc2ccccc2)[C@@H](OCc2ccccc2)[C@H](OCc2ccccc2)[C@H]1OCc1ccccc1. The first-order valence-electron chi connectivity index (χ1n) is 21.1. The molecule has 0 aromatic heterocycles. The van der Waals surface area contributed by atoms with E-state index in [2.05, 4.69) is 0 Å². The van der Waals surface area contributed by atoms with E-state index in [1.807, 2.05) is 152 Å². The number of fused-ring (bicyclic) bond motifs is 1. The minimum atomic E-state index is -1.15. The van der Waals surface area contributed by atoms with Gasteiger partial charge in [-0.3, -0.25) is 4.79 Å². The normalized spacial score (nSPS) is 28.5. The van der Waals surface area contributed by atoms with Gasteiger partial charge in [0.25, 0.3) is 0 Å². The van der Waals surface area contributed by atoms with E-state index in [0.29, 0.717) is 6.61 Å². The molecule has 0 radical (unpaired) electrons. The minimum absolute atomic E-state index is 0.122. The Labute approximate surface area is 362 Å². The van der Waals surface area contributed by atoms with Crippen LogP contribution in [-0.4, -0.2) is 87.7 Å². The van der Waals surface area contributed by atoms with E-state index < -0.39 is 73.7 Å². The fraction of sp³-hybridized carbons (Fsp3) is 0.380. The van der Waals surface area contributed by atoms with Crippen molar-refractivity contribution >= 4 is 5.97 Å². The molecule has 11 atom stereocenters. The Morgan fingerprint density at radius 3 is 1.58 bits per heavy atom. The maximum absolute atomic E-state index is 12.9. The Morgan fingerprint density at radius 2 is 1.05 bits per heavy atom. The Kier molecular flexibility index (Phi) is 15.5. The van der Waals surface area contributed by atoms with E-state index in [1.165, 1.54) is 14.0 Å². The largest absolute Gasteiger partial charge is 0.457 e. The van der Waals surface area contributed by atoms with Crippen LogP contribution in [0.5, 0.6) is 0 Å². The lowest BCUT2D eigenvalue weighted by molar-refractivity contribution is -0.396. The Morgan fingerprint density at radius 1 is 0.548 bits per heavy atom. The molecular formula is C50H54O12. The highest BCUT2D eigenvalue weighted by molar-refractivity contribution is 5.66. The van der Waals surface area contributed by atoms with Crippen molar-refractivity contribution in [2.75, 3.05) is 20.3 Å². The Balaban J connectivity index is 1.15. The van der Waals surface area contributed by atoms with Crippen molar-refractivity contribution in [3.05, 3.63) is 179 Å². The number of carbonyl (C=O) groups is 1. The van der Waals surface area contributed by atoms with Crippen LogP contribution in [0.1, 0.15) is 41.0 Å². The molecule has 12 nitrogen and oxygen atoms in total. The lowest BCUT2D eigenvalue weighted by Gasteiger charge is -2.51. The smallest absolute Gasteiger partial charge is 0.303 e. The van der Waals surface area contributed by atoms with E-state index in [-0.39, 0.29) is 33.0 Å². The molecule has 62 heavy (non-hydrogen) atoms. The summed E-state index contributed by atoms with van der Waals surface area (Å²) in [5, 5.41) is 0. The van der Waals surface area contributed by atoms with Crippen LogP contribution in [0, 0.1) is 0 Å². The molecule has 8 rings (SSSR count). The number of ether oxygens (including phenoxy) is 11. The first kappa shape index (κ1) is 43.8. The van der Waals surface area contributed by atoms with Gasteiger partial charge in [-0.25, -0.2) is 0 Å². The molecule has 3 aliphatic heterocycles. The number of hydrogen-bond donors (Lipinski definition) is 0. The van der Waals surface area contributed by atoms with E-state index in [4.69, 9.17) is 52.1 Å². The van der Waals surface area contributed by atoms with Gasteiger partial charge in [0, 0.05) is 19.6 Å². The summed E-state index contributed by atoms with van der Waals surface area (Å²) in [5.74, 6) is -0.530. The van der Waals surface area contributed by atoms with Gasteiger partial charge >= 0.3 is 5.97 Å². The van der Waals surface area contributed by atoms with Crippen LogP contribution >= 0.6 is 0 Å². The second-order valence-corrected chi connectivity index (χ2v) is 15.5. The average Bonchev–Trinajstić information content (AvgIpc) is 3.32. The summed E-state index contributed by atoms with van der Waals surface area (Å²) in [6.07, 6.45) is -9.50. The lowest BCUT2D eigenvalue weighted by atomic mass is 9.95. The summed E-state index contributed by atoms with van der Waals surface area (Å²) in [7, 11) is 1.51. The standard InChI is InChI=1S/C50H54O12/c1-34(51)58-45-43-41(33-57-48(61-43)39-26-16-7-17-27-39)59-49(52-2)47(45)62-50-46(56-31-38-24-14-6-15-25-38)44(55-30-37-22-12-5-13-23-37)42(54-29-36-20-10-4-11-21-36)40(60-50)32-53-28-35-18-8-3-9-19-35/h3-27,40-50H,28-33H2,1-2H3/t40-,41-,42-,43-,44+,45+,46-,47-,48?,49+,50-/m1/s1. The van der Waals surface area contributed by atoms with Gasteiger partial charge in [0.15, 0.2) is 31.1 Å². The van der Waals surface area contributed by atoms with E-state index >= 15 is 0 Å². The second kappa shape index (κ2) is 22.0. The van der Waals surface area contributed by atoms with Crippen molar-refractivity contribution in [2.45, 2.75) is 101 Å². The summed E-state index contributed by atoms with van der Waals surface area (Å²) < 4.78 is 72.2. The number of methoxy groups -OCH3 is 1. The lowest BCUT2D eigenvalue weighted by Crippen LogP contribution is -2.67. The zero-order valence-corrected chi connectivity index (χ0v) is 34.9. The van der Waals surface area contributed by atoms with Gasteiger partial charge in [0.1, 0.15) is 36.6 Å². The molecule has 1 unspecified atom stereocenters. The molecule has 0 amide bonds. The molecular weight excluding hydrogens is 793 g/mol. The van der Waals surface area contributed by atoms with Gasteiger partial charge in [-0.05, 0) is 22.3 Å². The molecule has 5 aromatic rings. The molecule has 0 spiro atoms. The Hall–Kier alpha value is -4.83. The van der Waals surface area contributed by atoms with Crippen molar-refractivity contribution in [3.63, 3.8) is 0 Å². The van der Waals surface area contributed by atoms with Crippen molar-refractivity contribution in [1.82, 2.24) is 0 Å². The number of benzene rings is 5. The molecule has 3 heterocycles. The van der Waals surface area contributed by atoms with Crippen molar-refractivity contribution in [3.8, 4) is 0 Å². The molecule has 326 valence electrons. The topological polar surface area (TPSA) is 119 Å². The molecule has 0 N–H and O–H groups in total. The van der Waals surface area contributed by atoms with Gasteiger partial charge in [-0.15, -0.1) is 0 Å². The van der Waals surface area contributed by atoms with Crippen LogP contribution in [0.3, 0.4) is 0 Å². The molecule has 0 saturated carbocycles. The molecule has 12 heteroatoms. The number of carbonyl (C=O) groups excluding carboxylic acids is 1. The van der Waals surface area contributed by atoms with Crippen LogP contribution in [-0.2, 0) is 83.3 Å². The quantitative estimate of drug-likeness (QED) is 0.0814. The first-order valence-corrected chi connectivity index (χ1v) is 21.1. The fourth-order valence-electron chi connectivity index (χ4n) is 8.00. The van der Waals surface area contributed by atoms with Crippen molar-refractivity contribution in [2.24, 2.45) is 0 Å².